The highest BCUT2D eigenvalue weighted by Gasteiger charge is 2.05. The second-order valence-corrected chi connectivity index (χ2v) is 4.44. The summed E-state index contributed by atoms with van der Waals surface area (Å²) in [6.45, 7) is 7.82. The van der Waals surface area contributed by atoms with Crippen LogP contribution in [0.1, 0.15) is 18.2 Å². The van der Waals surface area contributed by atoms with Gasteiger partial charge in [-0.15, -0.1) is 0 Å². The molecular weight excluding hydrogens is 238 g/mol. The predicted molar refractivity (Wildman–Crippen MR) is 76.0 cm³/mol. The molecule has 5 heteroatoms. The van der Waals surface area contributed by atoms with Crippen LogP contribution in [0, 0.1) is 6.92 Å². The lowest BCUT2D eigenvalue weighted by molar-refractivity contribution is 0.756. The van der Waals surface area contributed by atoms with Gasteiger partial charge in [-0.1, -0.05) is 6.58 Å². The molecule has 2 aromatic heterocycles. The number of allylic oxidation sites excluding steroid dienone is 1. The maximum atomic E-state index is 5.81. The van der Waals surface area contributed by atoms with Crippen molar-refractivity contribution in [3.63, 3.8) is 0 Å². The maximum absolute atomic E-state index is 5.81. The summed E-state index contributed by atoms with van der Waals surface area (Å²) < 4.78 is 1.77. The van der Waals surface area contributed by atoms with Gasteiger partial charge in [0.15, 0.2) is 0 Å². The molecule has 0 fully saturated rings. The number of hydrogen-bond donors (Lipinski definition) is 1. The Morgan fingerprint density at radius 3 is 2.63 bits per heavy atom. The lowest BCUT2D eigenvalue weighted by atomic mass is 10.1. The van der Waals surface area contributed by atoms with E-state index in [-0.39, 0.29) is 0 Å². The highest BCUT2D eigenvalue weighted by atomic mass is 15.2. The van der Waals surface area contributed by atoms with Gasteiger partial charge in [-0.05, 0) is 25.5 Å². The van der Waals surface area contributed by atoms with Crippen molar-refractivity contribution in [2.75, 3.05) is 0 Å². The van der Waals surface area contributed by atoms with Gasteiger partial charge in [0.1, 0.15) is 5.35 Å². The summed E-state index contributed by atoms with van der Waals surface area (Å²) >= 11 is 0. The highest BCUT2D eigenvalue weighted by molar-refractivity contribution is 5.87. The molecule has 0 radical (unpaired) electrons. The quantitative estimate of drug-likeness (QED) is 0.826. The first kappa shape index (κ1) is 13.0. The minimum Gasteiger partial charge on any atom is -0.400 e. The molecule has 0 saturated carbocycles. The first-order valence-corrected chi connectivity index (χ1v) is 5.93. The molecule has 2 heterocycles. The summed E-state index contributed by atoms with van der Waals surface area (Å²) in [4.78, 5) is 8.53. The second-order valence-electron chi connectivity index (χ2n) is 4.44. The molecule has 5 nitrogen and oxygen atoms in total. The molecule has 0 aromatic carbocycles. The van der Waals surface area contributed by atoms with Crippen molar-refractivity contribution in [2.24, 2.45) is 12.8 Å². The summed E-state index contributed by atoms with van der Waals surface area (Å²) in [5.74, 6) is 0. The number of nitrogens with zero attached hydrogens (tertiary/aromatic N) is 4. The molecule has 98 valence electrons. The molecule has 0 aliphatic rings. The molecule has 0 amide bonds. The van der Waals surface area contributed by atoms with Gasteiger partial charge in [0, 0.05) is 36.9 Å². The third-order valence-electron chi connectivity index (χ3n) is 2.77. The minimum absolute atomic E-state index is 0.634. The maximum Gasteiger partial charge on any atom is 0.107 e. The summed E-state index contributed by atoms with van der Waals surface area (Å²) in [6.07, 6.45) is 7.08. The van der Waals surface area contributed by atoms with Crippen LogP contribution in [-0.4, -0.2) is 19.7 Å². The molecule has 0 saturated heterocycles. The van der Waals surface area contributed by atoms with Gasteiger partial charge in [-0.2, -0.15) is 5.10 Å². The molecule has 0 bridgehead atoms. The van der Waals surface area contributed by atoms with E-state index in [0.717, 1.165) is 22.2 Å². The van der Waals surface area contributed by atoms with E-state index < -0.39 is 0 Å². The van der Waals surface area contributed by atoms with Gasteiger partial charge >= 0.3 is 0 Å². The topological polar surface area (TPSA) is 69.6 Å². The molecule has 0 aliphatic heterocycles. The van der Waals surface area contributed by atoms with E-state index in [9.17, 15) is 0 Å². The van der Waals surface area contributed by atoms with E-state index in [0.29, 0.717) is 11.0 Å². The number of aromatic nitrogens is 4. The van der Waals surface area contributed by atoms with Crippen molar-refractivity contribution >= 4 is 17.3 Å². The Morgan fingerprint density at radius 1 is 1.37 bits per heavy atom. The zero-order chi connectivity index (χ0) is 14.0. The molecular formula is C14H17N5. The van der Waals surface area contributed by atoms with Crippen LogP contribution in [-0.2, 0) is 7.05 Å². The standard InChI is InChI=1S/C14H17N5/c1-9(12-8-19(4)18-11(12)3)7-13-14(10(2)15)17-6-5-16-13/h5-8H,1,15H2,2-4H3/b13-7+,14-10+. The number of hydrogen-bond acceptors (Lipinski definition) is 4. The molecule has 2 aromatic rings. The van der Waals surface area contributed by atoms with Gasteiger partial charge in [-0.3, -0.25) is 14.6 Å². The fourth-order valence-corrected chi connectivity index (χ4v) is 1.92. The largest absolute Gasteiger partial charge is 0.400 e. The van der Waals surface area contributed by atoms with Crippen LogP contribution >= 0.6 is 0 Å². The molecule has 19 heavy (non-hydrogen) atoms. The Kier molecular flexibility index (Phi) is 3.46. The number of rotatable bonds is 2. The van der Waals surface area contributed by atoms with Gasteiger partial charge in [0.25, 0.3) is 0 Å². The SMILES string of the molecule is C=C(/C=c1/nccn/c1=C(\C)N)c1cn(C)nc1C. The van der Waals surface area contributed by atoms with Crippen molar-refractivity contribution in [1.82, 2.24) is 19.7 Å². The van der Waals surface area contributed by atoms with Gasteiger partial charge in [-0.25, -0.2) is 0 Å². The van der Waals surface area contributed by atoms with E-state index in [1.54, 1.807) is 24.0 Å². The van der Waals surface area contributed by atoms with Crippen LogP contribution < -0.4 is 16.4 Å². The first-order valence-electron chi connectivity index (χ1n) is 5.93. The Labute approximate surface area is 111 Å². The third-order valence-corrected chi connectivity index (χ3v) is 2.77. The first-order chi connectivity index (χ1) is 8.99. The smallest absolute Gasteiger partial charge is 0.107 e. The van der Waals surface area contributed by atoms with Crippen LogP contribution in [0.5, 0.6) is 0 Å². The summed E-state index contributed by atoms with van der Waals surface area (Å²) in [7, 11) is 1.88. The Hall–Kier alpha value is -2.43. The van der Waals surface area contributed by atoms with Crippen molar-refractivity contribution < 1.29 is 0 Å². The van der Waals surface area contributed by atoms with Crippen LogP contribution in [0.15, 0.2) is 25.2 Å². The summed E-state index contributed by atoms with van der Waals surface area (Å²) in [6, 6.07) is 0. The highest BCUT2D eigenvalue weighted by Crippen LogP contribution is 2.16. The van der Waals surface area contributed by atoms with Gasteiger partial charge in [0.2, 0.25) is 0 Å². The van der Waals surface area contributed by atoms with Gasteiger partial charge in [0.05, 0.1) is 11.0 Å². The predicted octanol–water partition coefficient (Wildman–Crippen LogP) is 0.0992. The van der Waals surface area contributed by atoms with Crippen molar-refractivity contribution in [2.45, 2.75) is 13.8 Å². The van der Waals surface area contributed by atoms with Crippen LogP contribution in [0.4, 0.5) is 0 Å². The van der Waals surface area contributed by atoms with E-state index >= 15 is 0 Å². The minimum atomic E-state index is 0.634. The van der Waals surface area contributed by atoms with Crippen LogP contribution in [0.25, 0.3) is 17.3 Å². The lowest BCUT2D eigenvalue weighted by Crippen LogP contribution is -2.34. The van der Waals surface area contributed by atoms with E-state index in [2.05, 4.69) is 21.6 Å². The normalized spacial score (nSPS) is 13.5. The zero-order valence-electron chi connectivity index (χ0n) is 11.4. The Bertz CT molecular complexity index is 735. The molecule has 2 rings (SSSR count). The molecule has 0 spiro atoms. The third kappa shape index (κ3) is 2.70. The second kappa shape index (κ2) is 5.06. The lowest BCUT2D eigenvalue weighted by Gasteiger charge is -1.97. The molecule has 0 aliphatic carbocycles. The average Bonchev–Trinajstić information content (AvgIpc) is 2.69. The van der Waals surface area contributed by atoms with Crippen molar-refractivity contribution in [3.8, 4) is 0 Å². The molecule has 0 unspecified atom stereocenters. The van der Waals surface area contributed by atoms with Crippen molar-refractivity contribution in [1.29, 1.82) is 0 Å². The van der Waals surface area contributed by atoms with E-state index in [1.165, 1.54) is 0 Å². The summed E-state index contributed by atoms with van der Waals surface area (Å²) in [5.41, 5.74) is 9.21. The number of nitrogens with two attached hydrogens (primary N) is 1. The van der Waals surface area contributed by atoms with Crippen LogP contribution in [0.2, 0.25) is 0 Å². The Morgan fingerprint density at radius 2 is 2.05 bits per heavy atom. The monoisotopic (exact) mass is 255 g/mol. The average molecular weight is 255 g/mol. The fraction of sp³-hybridized carbons (Fsp3) is 0.214. The van der Waals surface area contributed by atoms with E-state index in [1.807, 2.05) is 26.2 Å². The van der Waals surface area contributed by atoms with Crippen molar-refractivity contribution in [3.05, 3.63) is 47.1 Å². The van der Waals surface area contributed by atoms with Gasteiger partial charge < -0.3 is 5.73 Å². The number of aryl methyl sites for hydroxylation is 2. The summed E-state index contributed by atoms with van der Waals surface area (Å²) in [5, 5.41) is 5.70. The Balaban J connectivity index is 2.57. The fourth-order valence-electron chi connectivity index (χ4n) is 1.92. The zero-order valence-corrected chi connectivity index (χ0v) is 11.4. The van der Waals surface area contributed by atoms with E-state index in [4.69, 9.17) is 5.73 Å². The van der Waals surface area contributed by atoms with Crippen LogP contribution in [0.3, 0.4) is 0 Å². The molecule has 0 atom stereocenters. The molecule has 2 N–H and O–H groups in total.